The molecule has 0 radical (unpaired) electrons. The van der Waals surface area contributed by atoms with Gasteiger partial charge in [-0.3, -0.25) is 4.79 Å². The Hall–Kier alpha value is -1.11. The van der Waals surface area contributed by atoms with E-state index in [1.54, 1.807) is 12.1 Å². The molecule has 1 aliphatic rings. The van der Waals surface area contributed by atoms with E-state index in [1.807, 2.05) is 13.0 Å². The molecule has 0 aliphatic carbocycles. The molecule has 0 bridgehead atoms. The Morgan fingerprint density at radius 3 is 2.52 bits per heavy atom. The predicted molar refractivity (Wildman–Crippen MR) is 84.5 cm³/mol. The molecule has 1 amide bonds. The third-order valence-corrected chi connectivity index (χ3v) is 6.25. The first-order chi connectivity index (χ1) is 9.76. The van der Waals surface area contributed by atoms with E-state index in [9.17, 15) is 13.2 Å². The molecule has 1 aromatic rings. The number of sulfone groups is 1. The van der Waals surface area contributed by atoms with E-state index in [-0.39, 0.29) is 12.8 Å². The van der Waals surface area contributed by atoms with Crippen LogP contribution < -0.4 is 10.6 Å². The third-order valence-electron chi connectivity index (χ3n) is 3.90. The van der Waals surface area contributed by atoms with Crippen molar-refractivity contribution in [1.29, 1.82) is 0 Å². The van der Waals surface area contributed by atoms with Gasteiger partial charge in [-0.15, -0.1) is 0 Å². The van der Waals surface area contributed by atoms with E-state index in [0.717, 1.165) is 11.8 Å². The summed E-state index contributed by atoms with van der Waals surface area (Å²) < 4.78 is 23.0. The topological polar surface area (TPSA) is 75.3 Å². The SMILES string of the molecule is Cc1ccc(Cl)c(NC(=O)C2(S(C)(=O)=O)CCNCC2)c1. The van der Waals surface area contributed by atoms with Crippen LogP contribution in [-0.4, -0.2) is 38.4 Å². The van der Waals surface area contributed by atoms with Crippen molar-refractivity contribution in [3.63, 3.8) is 0 Å². The number of piperidine rings is 1. The van der Waals surface area contributed by atoms with Gasteiger partial charge in [0, 0.05) is 6.26 Å². The molecule has 0 saturated carbocycles. The minimum atomic E-state index is -3.52. The van der Waals surface area contributed by atoms with Gasteiger partial charge in [0.25, 0.3) is 0 Å². The lowest BCUT2D eigenvalue weighted by Gasteiger charge is -2.34. The molecule has 1 aromatic carbocycles. The molecule has 1 aliphatic heterocycles. The standard InChI is InChI=1S/C14H19ClN2O3S/c1-10-3-4-11(15)12(9-10)17-13(18)14(21(2,19)20)5-7-16-8-6-14/h3-4,9,16H,5-8H2,1-2H3,(H,17,18). The van der Waals surface area contributed by atoms with Crippen LogP contribution in [0.3, 0.4) is 0 Å². The minimum absolute atomic E-state index is 0.265. The van der Waals surface area contributed by atoms with Gasteiger partial charge in [0.2, 0.25) is 5.91 Å². The fourth-order valence-corrected chi connectivity index (χ4v) is 4.07. The van der Waals surface area contributed by atoms with Crippen LogP contribution in [-0.2, 0) is 14.6 Å². The van der Waals surface area contributed by atoms with Gasteiger partial charge in [0.1, 0.15) is 0 Å². The highest BCUT2D eigenvalue weighted by Crippen LogP contribution is 2.31. The highest BCUT2D eigenvalue weighted by Gasteiger charge is 2.48. The highest BCUT2D eigenvalue weighted by atomic mass is 35.5. The molecule has 1 saturated heterocycles. The fraction of sp³-hybridized carbons (Fsp3) is 0.500. The van der Waals surface area contributed by atoms with E-state index in [1.165, 1.54) is 0 Å². The average Bonchev–Trinajstić information content (AvgIpc) is 2.42. The summed E-state index contributed by atoms with van der Waals surface area (Å²) in [5.41, 5.74) is 1.39. The van der Waals surface area contributed by atoms with Crippen molar-refractivity contribution < 1.29 is 13.2 Å². The monoisotopic (exact) mass is 330 g/mol. The maximum Gasteiger partial charge on any atom is 0.245 e. The number of rotatable bonds is 3. The molecule has 2 N–H and O–H groups in total. The quantitative estimate of drug-likeness (QED) is 0.885. The molecule has 0 atom stereocenters. The average molecular weight is 331 g/mol. The second kappa shape index (κ2) is 5.94. The zero-order valence-corrected chi connectivity index (χ0v) is 13.6. The molecule has 5 nitrogen and oxygen atoms in total. The first kappa shape index (κ1) is 16.3. The Labute approximate surface area is 130 Å². The van der Waals surface area contributed by atoms with Crippen LogP contribution in [0.4, 0.5) is 5.69 Å². The number of carbonyl (C=O) groups is 1. The van der Waals surface area contributed by atoms with Crippen LogP contribution in [0.25, 0.3) is 0 Å². The Morgan fingerprint density at radius 1 is 1.33 bits per heavy atom. The number of hydrogen-bond donors (Lipinski definition) is 2. The first-order valence-corrected chi connectivity index (χ1v) is 9.01. The molecular formula is C14H19ClN2O3S. The van der Waals surface area contributed by atoms with Crippen LogP contribution >= 0.6 is 11.6 Å². The van der Waals surface area contributed by atoms with Crippen molar-refractivity contribution in [2.75, 3.05) is 24.7 Å². The maximum absolute atomic E-state index is 12.6. The van der Waals surface area contributed by atoms with Crippen molar-refractivity contribution in [3.8, 4) is 0 Å². The van der Waals surface area contributed by atoms with Crippen molar-refractivity contribution in [1.82, 2.24) is 5.32 Å². The summed E-state index contributed by atoms with van der Waals surface area (Å²) in [5.74, 6) is -0.501. The fourth-order valence-electron chi connectivity index (χ4n) is 2.57. The zero-order valence-electron chi connectivity index (χ0n) is 12.1. The number of nitrogens with one attached hydrogen (secondary N) is 2. The number of aryl methyl sites for hydroxylation is 1. The molecular weight excluding hydrogens is 312 g/mol. The molecule has 0 spiro atoms. The number of anilines is 1. The Balaban J connectivity index is 2.34. The van der Waals surface area contributed by atoms with E-state index in [0.29, 0.717) is 23.8 Å². The number of amides is 1. The summed E-state index contributed by atoms with van der Waals surface area (Å²) in [4.78, 5) is 12.6. The smallest absolute Gasteiger partial charge is 0.245 e. The molecule has 0 aromatic heterocycles. The van der Waals surface area contributed by atoms with E-state index >= 15 is 0 Å². The largest absolute Gasteiger partial charge is 0.323 e. The van der Waals surface area contributed by atoms with Crippen molar-refractivity contribution in [2.24, 2.45) is 0 Å². The first-order valence-electron chi connectivity index (χ1n) is 6.74. The maximum atomic E-state index is 12.6. The third kappa shape index (κ3) is 3.22. The molecule has 7 heteroatoms. The summed E-state index contributed by atoms with van der Waals surface area (Å²) in [5, 5.41) is 6.17. The Morgan fingerprint density at radius 2 is 1.95 bits per heavy atom. The van der Waals surface area contributed by atoms with Gasteiger partial charge >= 0.3 is 0 Å². The normalized spacial score (nSPS) is 18.2. The summed E-state index contributed by atoms with van der Waals surface area (Å²) >= 11 is 6.06. The minimum Gasteiger partial charge on any atom is -0.323 e. The molecule has 1 fully saturated rings. The zero-order chi connectivity index (χ0) is 15.7. The van der Waals surface area contributed by atoms with E-state index < -0.39 is 20.5 Å². The van der Waals surface area contributed by atoms with E-state index in [2.05, 4.69) is 10.6 Å². The van der Waals surface area contributed by atoms with Crippen LogP contribution in [0.1, 0.15) is 18.4 Å². The van der Waals surface area contributed by atoms with Gasteiger partial charge in [0.05, 0.1) is 10.7 Å². The van der Waals surface area contributed by atoms with Gasteiger partial charge in [-0.05, 0) is 50.6 Å². The summed E-state index contributed by atoms with van der Waals surface area (Å²) in [6.45, 7) is 2.88. The number of hydrogen-bond acceptors (Lipinski definition) is 4. The van der Waals surface area contributed by atoms with Crippen LogP contribution in [0, 0.1) is 6.92 Å². The second-order valence-corrected chi connectivity index (χ2v) is 8.19. The van der Waals surface area contributed by atoms with Gasteiger partial charge in [-0.2, -0.15) is 0 Å². The molecule has 116 valence electrons. The number of benzene rings is 1. The summed E-state index contributed by atoms with van der Waals surface area (Å²) in [6, 6.07) is 5.24. The number of carbonyl (C=O) groups excluding carboxylic acids is 1. The van der Waals surface area contributed by atoms with E-state index in [4.69, 9.17) is 11.6 Å². The van der Waals surface area contributed by atoms with Gasteiger partial charge in [-0.25, -0.2) is 8.42 Å². The van der Waals surface area contributed by atoms with Crippen molar-refractivity contribution >= 4 is 33.0 Å². The Kier molecular flexibility index (Phi) is 4.60. The van der Waals surface area contributed by atoms with Crippen LogP contribution in [0.5, 0.6) is 0 Å². The molecule has 1 heterocycles. The lowest BCUT2D eigenvalue weighted by atomic mass is 9.95. The van der Waals surface area contributed by atoms with Crippen LogP contribution in [0.15, 0.2) is 18.2 Å². The van der Waals surface area contributed by atoms with Crippen molar-refractivity contribution in [3.05, 3.63) is 28.8 Å². The molecule has 0 unspecified atom stereocenters. The number of halogens is 1. The van der Waals surface area contributed by atoms with Gasteiger partial charge < -0.3 is 10.6 Å². The van der Waals surface area contributed by atoms with Crippen molar-refractivity contribution in [2.45, 2.75) is 24.5 Å². The second-order valence-electron chi connectivity index (χ2n) is 5.45. The molecule has 21 heavy (non-hydrogen) atoms. The summed E-state index contributed by atoms with van der Waals surface area (Å²) in [7, 11) is -3.52. The predicted octanol–water partition coefficient (Wildman–Crippen LogP) is 1.75. The lowest BCUT2D eigenvalue weighted by Crippen LogP contribution is -2.55. The molecule has 2 rings (SSSR count). The Bertz CT molecular complexity index is 652. The highest BCUT2D eigenvalue weighted by molar-refractivity contribution is 7.92. The lowest BCUT2D eigenvalue weighted by molar-refractivity contribution is -0.119. The summed E-state index contributed by atoms with van der Waals surface area (Å²) in [6.07, 6.45) is 1.65. The van der Waals surface area contributed by atoms with Crippen LogP contribution in [0.2, 0.25) is 5.02 Å². The van der Waals surface area contributed by atoms with Gasteiger partial charge in [-0.1, -0.05) is 17.7 Å². The van der Waals surface area contributed by atoms with Gasteiger partial charge in [0.15, 0.2) is 14.6 Å².